The molecule has 0 radical (unpaired) electrons. The Morgan fingerprint density at radius 1 is 1.00 bits per heavy atom. The van der Waals surface area contributed by atoms with Crippen LogP contribution < -0.4 is 10.2 Å². The van der Waals surface area contributed by atoms with Gasteiger partial charge < -0.3 is 15.1 Å². The van der Waals surface area contributed by atoms with E-state index in [1.165, 1.54) is 17.0 Å². The molecule has 2 aromatic carbocycles. The molecule has 2 heterocycles. The van der Waals surface area contributed by atoms with Gasteiger partial charge in [0, 0.05) is 42.9 Å². The summed E-state index contributed by atoms with van der Waals surface area (Å²) in [6.45, 7) is 5.16. The third-order valence-electron chi connectivity index (χ3n) is 4.80. The Bertz CT molecular complexity index is 917. The number of nitrogens with one attached hydrogen (secondary N) is 1. The zero-order chi connectivity index (χ0) is 18.6. The number of aromatic nitrogens is 1. The van der Waals surface area contributed by atoms with Gasteiger partial charge in [-0.15, -0.1) is 11.3 Å². The number of rotatable bonds is 4. The molecule has 1 fully saturated rings. The number of benzene rings is 2. The van der Waals surface area contributed by atoms with Gasteiger partial charge >= 0.3 is 0 Å². The number of anilines is 3. The van der Waals surface area contributed by atoms with E-state index in [-0.39, 0.29) is 5.91 Å². The quantitative estimate of drug-likeness (QED) is 0.741. The average Bonchev–Trinajstić information content (AvgIpc) is 3.18. The van der Waals surface area contributed by atoms with Gasteiger partial charge in [0.05, 0.1) is 0 Å². The number of carbonyl (C=O) groups excluding carboxylic acids is 1. The van der Waals surface area contributed by atoms with Crippen LogP contribution in [0.2, 0.25) is 0 Å². The minimum Gasteiger partial charge on any atom is -0.368 e. The van der Waals surface area contributed by atoms with Crippen molar-refractivity contribution in [3.05, 3.63) is 71.2 Å². The molecule has 6 heteroatoms. The predicted molar refractivity (Wildman–Crippen MR) is 111 cm³/mol. The Labute approximate surface area is 163 Å². The van der Waals surface area contributed by atoms with E-state index < -0.39 is 0 Å². The van der Waals surface area contributed by atoms with E-state index >= 15 is 0 Å². The maximum Gasteiger partial charge on any atom is 0.273 e. The summed E-state index contributed by atoms with van der Waals surface area (Å²) >= 11 is 1.46. The molecular weight excluding hydrogens is 356 g/mol. The molecule has 3 aromatic rings. The molecule has 138 valence electrons. The Hall–Kier alpha value is -2.86. The van der Waals surface area contributed by atoms with Crippen LogP contribution in [0.15, 0.2) is 60.0 Å². The summed E-state index contributed by atoms with van der Waals surface area (Å²) in [6, 6.07) is 18.4. The zero-order valence-corrected chi connectivity index (χ0v) is 16.1. The Morgan fingerprint density at radius 2 is 1.70 bits per heavy atom. The standard InChI is InChI=1S/C21H22N4OS/c1-16-7-5-6-10-18(16)22-21-23-19(15-27-21)20(26)25-13-11-24(12-14-25)17-8-3-2-4-9-17/h2-10,15H,11-14H2,1H3,(H,22,23). The summed E-state index contributed by atoms with van der Waals surface area (Å²) in [5.74, 6) is 0.0109. The topological polar surface area (TPSA) is 48.5 Å². The second kappa shape index (κ2) is 7.80. The molecule has 1 aliphatic heterocycles. The third-order valence-corrected chi connectivity index (χ3v) is 5.56. The van der Waals surface area contributed by atoms with Crippen LogP contribution in [0.5, 0.6) is 0 Å². The number of hydrogen-bond donors (Lipinski definition) is 1. The molecule has 27 heavy (non-hydrogen) atoms. The highest BCUT2D eigenvalue weighted by Gasteiger charge is 2.24. The van der Waals surface area contributed by atoms with Crippen LogP contribution in [0.1, 0.15) is 16.1 Å². The van der Waals surface area contributed by atoms with Crippen molar-refractivity contribution in [3.8, 4) is 0 Å². The summed E-state index contributed by atoms with van der Waals surface area (Å²) in [6.07, 6.45) is 0. The van der Waals surface area contributed by atoms with Crippen molar-refractivity contribution >= 4 is 33.8 Å². The monoisotopic (exact) mass is 378 g/mol. The van der Waals surface area contributed by atoms with Crippen molar-refractivity contribution in [2.24, 2.45) is 0 Å². The summed E-state index contributed by atoms with van der Waals surface area (Å²) in [5.41, 5.74) is 3.90. The Morgan fingerprint density at radius 3 is 2.44 bits per heavy atom. The number of hydrogen-bond acceptors (Lipinski definition) is 5. The lowest BCUT2D eigenvalue weighted by Crippen LogP contribution is -2.48. The fourth-order valence-electron chi connectivity index (χ4n) is 3.23. The number of aryl methyl sites for hydroxylation is 1. The van der Waals surface area contributed by atoms with Crippen LogP contribution in [-0.2, 0) is 0 Å². The van der Waals surface area contributed by atoms with Crippen molar-refractivity contribution in [3.63, 3.8) is 0 Å². The molecule has 4 rings (SSSR count). The summed E-state index contributed by atoms with van der Waals surface area (Å²) < 4.78 is 0. The lowest BCUT2D eigenvalue weighted by molar-refractivity contribution is 0.0742. The van der Waals surface area contributed by atoms with Crippen molar-refractivity contribution in [2.75, 3.05) is 36.4 Å². The minimum atomic E-state index is 0.0109. The molecule has 0 aliphatic carbocycles. The SMILES string of the molecule is Cc1ccccc1Nc1nc(C(=O)N2CCN(c3ccccc3)CC2)cs1. The van der Waals surface area contributed by atoms with Crippen LogP contribution in [-0.4, -0.2) is 42.0 Å². The van der Waals surface area contributed by atoms with E-state index in [0.717, 1.165) is 29.5 Å². The van der Waals surface area contributed by atoms with Gasteiger partial charge in [-0.2, -0.15) is 0 Å². The molecule has 5 nitrogen and oxygen atoms in total. The van der Waals surface area contributed by atoms with E-state index in [4.69, 9.17) is 0 Å². The number of carbonyl (C=O) groups is 1. The van der Waals surface area contributed by atoms with Gasteiger partial charge in [-0.25, -0.2) is 4.98 Å². The normalized spacial score (nSPS) is 14.3. The first-order chi connectivity index (χ1) is 13.2. The molecular formula is C21H22N4OS. The smallest absolute Gasteiger partial charge is 0.273 e. The van der Waals surface area contributed by atoms with Gasteiger partial charge in [0.15, 0.2) is 5.13 Å². The van der Waals surface area contributed by atoms with Crippen molar-refractivity contribution in [2.45, 2.75) is 6.92 Å². The molecule has 0 bridgehead atoms. The number of nitrogens with zero attached hydrogens (tertiary/aromatic N) is 3. The van der Waals surface area contributed by atoms with Crippen LogP contribution in [0.4, 0.5) is 16.5 Å². The summed E-state index contributed by atoms with van der Waals surface area (Å²) in [7, 11) is 0. The number of amides is 1. The zero-order valence-electron chi connectivity index (χ0n) is 15.3. The molecule has 0 atom stereocenters. The van der Waals surface area contributed by atoms with E-state index in [9.17, 15) is 4.79 Å². The highest BCUT2D eigenvalue weighted by atomic mass is 32.1. The van der Waals surface area contributed by atoms with Gasteiger partial charge in [0.2, 0.25) is 0 Å². The highest BCUT2D eigenvalue weighted by molar-refractivity contribution is 7.14. The maximum atomic E-state index is 12.8. The largest absolute Gasteiger partial charge is 0.368 e. The fraction of sp³-hybridized carbons (Fsp3) is 0.238. The third kappa shape index (κ3) is 3.95. The number of piperazine rings is 1. The van der Waals surface area contributed by atoms with Crippen molar-refractivity contribution < 1.29 is 4.79 Å². The minimum absolute atomic E-state index is 0.0109. The number of para-hydroxylation sites is 2. The van der Waals surface area contributed by atoms with E-state index in [2.05, 4.69) is 27.3 Å². The first kappa shape index (κ1) is 17.5. The van der Waals surface area contributed by atoms with Crippen LogP contribution in [0.25, 0.3) is 0 Å². The Kier molecular flexibility index (Phi) is 5.07. The van der Waals surface area contributed by atoms with Crippen molar-refractivity contribution in [1.82, 2.24) is 9.88 Å². The predicted octanol–water partition coefficient (Wildman–Crippen LogP) is 4.16. The fourth-order valence-corrected chi connectivity index (χ4v) is 3.92. The first-order valence-corrected chi connectivity index (χ1v) is 9.96. The Balaban J connectivity index is 1.38. The average molecular weight is 379 g/mol. The molecule has 1 aromatic heterocycles. The molecule has 0 spiro atoms. The molecule has 1 N–H and O–H groups in total. The van der Waals surface area contributed by atoms with Gasteiger partial charge in [0.1, 0.15) is 5.69 Å². The lowest BCUT2D eigenvalue weighted by atomic mass is 10.2. The molecule has 1 aliphatic rings. The lowest BCUT2D eigenvalue weighted by Gasteiger charge is -2.35. The van der Waals surface area contributed by atoms with Crippen LogP contribution in [0, 0.1) is 6.92 Å². The maximum absolute atomic E-state index is 12.8. The number of thiazole rings is 1. The summed E-state index contributed by atoms with van der Waals surface area (Å²) in [5, 5.41) is 5.89. The highest BCUT2D eigenvalue weighted by Crippen LogP contribution is 2.24. The van der Waals surface area contributed by atoms with Crippen LogP contribution >= 0.6 is 11.3 Å². The van der Waals surface area contributed by atoms with Gasteiger partial charge in [-0.3, -0.25) is 4.79 Å². The summed E-state index contributed by atoms with van der Waals surface area (Å²) in [4.78, 5) is 21.5. The van der Waals surface area contributed by atoms with E-state index in [1.54, 1.807) is 0 Å². The van der Waals surface area contributed by atoms with Crippen LogP contribution in [0.3, 0.4) is 0 Å². The van der Waals surface area contributed by atoms with Crippen molar-refractivity contribution in [1.29, 1.82) is 0 Å². The van der Waals surface area contributed by atoms with Gasteiger partial charge in [-0.1, -0.05) is 36.4 Å². The first-order valence-electron chi connectivity index (χ1n) is 9.08. The van der Waals surface area contributed by atoms with E-state index in [0.29, 0.717) is 18.8 Å². The van der Waals surface area contributed by atoms with E-state index in [1.807, 2.05) is 59.7 Å². The molecule has 0 saturated carbocycles. The molecule has 1 saturated heterocycles. The molecule has 1 amide bonds. The van der Waals surface area contributed by atoms with Gasteiger partial charge in [-0.05, 0) is 30.7 Å². The molecule has 0 unspecified atom stereocenters. The second-order valence-corrected chi connectivity index (χ2v) is 7.45. The second-order valence-electron chi connectivity index (χ2n) is 6.59. The van der Waals surface area contributed by atoms with Gasteiger partial charge in [0.25, 0.3) is 5.91 Å².